The van der Waals surface area contributed by atoms with Gasteiger partial charge in [-0.05, 0) is 26.0 Å². The lowest BCUT2D eigenvalue weighted by molar-refractivity contribution is -0.123. The molecule has 1 aromatic carbocycles. The predicted octanol–water partition coefficient (Wildman–Crippen LogP) is 3.38. The Balaban J connectivity index is 2.45. The first-order valence-electron chi connectivity index (χ1n) is 4.94. The van der Waals surface area contributed by atoms with E-state index in [1.165, 1.54) is 0 Å². The van der Waals surface area contributed by atoms with Crippen LogP contribution < -0.4 is 10.6 Å². The van der Waals surface area contributed by atoms with E-state index in [2.05, 4.69) is 10.6 Å². The molecule has 1 heterocycles. The fraction of sp³-hybridized carbons (Fsp3) is 0.364. The van der Waals surface area contributed by atoms with Gasteiger partial charge in [0.05, 0.1) is 26.8 Å². The minimum atomic E-state index is -0.460. The smallest absolute Gasteiger partial charge is 0.231 e. The first kappa shape index (κ1) is 11.6. The molecule has 2 rings (SSSR count). The van der Waals surface area contributed by atoms with Crippen molar-refractivity contribution in [3.8, 4) is 0 Å². The van der Waals surface area contributed by atoms with Crippen molar-refractivity contribution < 1.29 is 4.79 Å². The summed E-state index contributed by atoms with van der Waals surface area (Å²) in [5.41, 5.74) is 1.01. The van der Waals surface area contributed by atoms with Gasteiger partial charge in [0.15, 0.2) is 0 Å². The minimum absolute atomic E-state index is 0.0304. The Morgan fingerprint density at radius 3 is 2.38 bits per heavy atom. The third kappa shape index (κ3) is 1.97. The van der Waals surface area contributed by atoms with Crippen molar-refractivity contribution in [3.63, 3.8) is 0 Å². The van der Waals surface area contributed by atoms with E-state index in [1.54, 1.807) is 12.1 Å². The molecule has 0 spiro atoms. The van der Waals surface area contributed by atoms with E-state index >= 15 is 0 Å². The molecular formula is C11H12Cl2N2O. The second-order valence-corrected chi connectivity index (χ2v) is 5.32. The quantitative estimate of drug-likeness (QED) is 0.749. The van der Waals surface area contributed by atoms with E-state index in [-0.39, 0.29) is 5.91 Å². The standard InChI is InChI=1S/C11H12Cl2N2O/c1-11(2)5-14-8-3-6(12)7(13)4-9(8)15-10(11)16/h3-4,14H,5H2,1-2H3,(H,15,16). The van der Waals surface area contributed by atoms with E-state index in [0.717, 1.165) is 5.69 Å². The SMILES string of the molecule is CC1(C)CNc2cc(Cl)c(Cl)cc2NC1=O. The van der Waals surface area contributed by atoms with Gasteiger partial charge in [0, 0.05) is 6.54 Å². The first-order valence-corrected chi connectivity index (χ1v) is 5.70. The van der Waals surface area contributed by atoms with Crippen molar-refractivity contribution in [1.29, 1.82) is 0 Å². The molecular weight excluding hydrogens is 247 g/mol. The minimum Gasteiger partial charge on any atom is -0.382 e. The summed E-state index contributed by atoms with van der Waals surface area (Å²) in [4.78, 5) is 11.9. The van der Waals surface area contributed by atoms with E-state index in [0.29, 0.717) is 22.3 Å². The van der Waals surface area contributed by atoms with Gasteiger partial charge >= 0.3 is 0 Å². The van der Waals surface area contributed by atoms with Crippen LogP contribution in [0.2, 0.25) is 10.0 Å². The summed E-state index contributed by atoms with van der Waals surface area (Å²) < 4.78 is 0. The van der Waals surface area contributed by atoms with Crippen LogP contribution in [-0.2, 0) is 4.79 Å². The second-order valence-electron chi connectivity index (χ2n) is 4.50. The van der Waals surface area contributed by atoms with Gasteiger partial charge in [-0.15, -0.1) is 0 Å². The molecule has 0 saturated heterocycles. The van der Waals surface area contributed by atoms with Crippen LogP contribution in [0.25, 0.3) is 0 Å². The van der Waals surface area contributed by atoms with Crippen LogP contribution in [0.5, 0.6) is 0 Å². The summed E-state index contributed by atoms with van der Waals surface area (Å²) in [7, 11) is 0. The van der Waals surface area contributed by atoms with Crippen LogP contribution in [0.1, 0.15) is 13.8 Å². The maximum Gasteiger partial charge on any atom is 0.231 e. The van der Waals surface area contributed by atoms with Gasteiger partial charge in [-0.2, -0.15) is 0 Å². The Labute approximate surface area is 104 Å². The van der Waals surface area contributed by atoms with Gasteiger partial charge in [0.1, 0.15) is 0 Å². The van der Waals surface area contributed by atoms with Gasteiger partial charge in [-0.3, -0.25) is 4.79 Å². The van der Waals surface area contributed by atoms with Gasteiger partial charge in [-0.25, -0.2) is 0 Å². The molecule has 2 N–H and O–H groups in total. The van der Waals surface area contributed by atoms with Crippen molar-refractivity contribution in [2.75, 3.05) is 17.2 Å². The average Bonchev–Trinajstić information content (AvgIpc) is 2.29. The van der Waals surface area contributed by atoms with Crippen LogP contribution >= 0.6 is 23.2 Å². The summed E-state index contributed by atoms with van der Waals surface area (Å²) in [5, 5.41) is 6.93. The number of halogens is 2. The summed E-state index contributed by atoms with van der Waals surface area (Å²) in [6.07, 6.45) is 0. The number of anilines is 2. The predicted molar refractivity (Wildman–Crippen MR) is 67.4 cm³/mol. The number of benzene rings is 1. The Morgan fingerprint density at radius 2 is 1.75 bits per heavy atom. The van der Waals surface area contributed by atoms with E-state index < -0.39 is 5.41 Å². The highest BCUT2D eigenvalue weighted by Gasteiger charge is 2.31. The van der Waals surface area contributed by atoms with Crippen LogP contribution in [-0.4, -0.2) is 12.5 Å². The van der Waals surface area contributed by atoms with Gasteiger partial charge in [0.2, 0.25) is 5.91 Å². The fourth-order valence-corrected chi connectivity index (χ4v) is 1.81. The zero-order valence-corrected chi connectivity index (χ0v) is 10.5. The zero-order chi connectivity index (χ0) is 11.9. The third-order valence-corrected chi connectivity index (χ3v) is 3.37. The first-order chi connectivity index (χ1) is 7.40. The highest BCUT2D eigenvalue weighted by molar-refractivity contribution is 6.42. The van der Waals surface area contributed by atoms with E-state index in [1.807, 2.05) is 13.8 Å². The van der Waals surface area contributed by atoms with Gasteiger partial charge in [-0.1, -0.05) is 23.2 Å². The van der Waals surface area contributed by atoms with E-state index in [9.17, 15) is 4.79 Å². The lowest BCUT2D eigenvalue weighted by atomic mass is 9.93. The molecule has 0 bridgehead atoms. The van der Waals surface area contributed by atoms with Crippen molar-refractivity contribution in [2.45, 2.75) is 13.8 Å². The summed E-state index contributed by atoms with van der Waals surface area (Å²) in [6.45, 7) is 4.32. The van der Waals surface area contributed by atoms with Crippen LogP contribution in [0.3, 0.4) is 0 Å². The number of carbonyl (C=O) groups excluding carboxylic acids is 1. The van der Waals surface area contributed by atoms with Crippen molar-refractivity contribution in [2.24, 2.45) is 5.41 Å². The molecule has 3 nitrogen and oxygen atoms in total. The molecule has 1 aliphatic heterocycles. The Hall–Kier alpha value is -0.930. The molecule has 0 aromatic heterocycles. The van der Waals surface area contributed by atoms with Crippen LogP contribution in [0.15, 0.2) is 12.1 Å². The molecule has 0 radical (unpaired) electrons. The van der Waals surface area contributed by atoms with Crippen LogP contribution in [0, 0.1) is 5.41 Å². The van der Waals surface area contributed by atoms with Crippen LogP contribution in [0.4, 0.5) is 11.4 Å². The number of hydrogen-bond acceptors (Lipinski definition) is 2. The van der Waals surface area contributed by atoms with Gasteiger partial charge < -0.3 is 10.6 Å². The molecule has 0 aliphatic carbocycles. The number of carbonyl (C=O) groups is 1. The molecule has 16 heavy (non-hydrogen) atoms. The molecule has 5 heteroatoms. The number of fused-ring (bicyclic) bond motifs is 1. The van der Waals surface area contributed by atoms with E-state index in [4.69, 9.17) is 23.2 Å². The highest BCUT2D eigenvalue weighted by Crippen LogP contribution is 2.36. The topological polar surface area (TPSA) is 41.1 Å². The van der Waals surface area contributed by atoms with Gasteiger partial charge in [0.25, 0.3) is 0 Å². The molecule has 86 valence electrons. The summed E-state index contributed by atoms with van der Waals surface area (Å²) >= 11 is 11.8. The zero-order valence-electron chi connectivity index (χ0n) is 9.03. The molecule has 0 saturated carbocycles. The molecule has 0 unspecified atom stereocenters. The maximum atomic E-state index is 11.9. The molecule has 1 aromatic rings. The van der Waals surface area contributed by atoms with Crippen molar-refractivity contribution >= 4 is 40.5 Å². The maximum absolute atomic E-state index is 11.9. The number of amides is 1. The molecule has 1 aliphatic rings. The monoisotopic (exact) mass is 258 g/mol. The largest absolute Gasteiger partial charge is 0.382 e. The lowest BCUT2D eigenvalue weighted by Gasteiger charge is -2.19. The number of nitrogens with one attached hydrogen (secondary N) is 2. The molecule has 1 amide bonds. The summed E-state index contributed by atoms with van der Waals surface area (Å²) in [6, 6.07) is 3.38. The van der Waals surface area contributed by atoms with Crippen molar-refractivity contribution in [1.82, 2.24) is 0 Å². The normalized spacial score (nSPS) is 18.1. The number of rotatable bonds is 0. The Morgan fingerprint density at radius 1 is 1.19 bits per heavy atom. The third-order valence-electron chi connectivity index (χ3n) is 2.64. The van der Waals surface area contributed by atoms with Crippen molar-refractivity contribution in [3.05, 3.63) is 22.2 Å². The number of hydrogen-bond donors (Lipinski definition) is 2. The average molecular weight is 259 g/mol. The highest BCUT2D eigenvalue weighted by atomic mass is 35.5. The molecule has 0 fully saturated rings. The Bertz CT molecular complexity index is 458. The molecule has 0 atom stereocenters. The summed E-state index contributed by atoms with van der Waals surface area (Å²) in [5.74, 6) is -0.0304. The second kappa shape index (κ2) is 3.82. The fourth-order valence-electron chi connectivity index (χ4n) is 1.48. The Kier molecular flexibility index (Phi) is 2.76. The lowest BCUT2D eigenvalue weighted by Crippen LogP contribution is -2.34.